The summed E-state index contributed by atoms with van der Waals surface area (Å²) < 4.78 is 0.353. The van der Waals surface area contributed by atoms with Crippen molar-refractivity contribution in [2.75, 3.05) is 31.2 Å². The largest absolute Gasteiger partial charge is 0.507 e. The number of carbonyl (C=O) groups excluding carboxylic acids is 11. The summed E-state index contributed by atoms with van der Waals surface area (Å²) >= 11 is 1.86. The summed E-state index contributed by atoms with van der Waals surface area (Å²) in [5.41, 5.74) is 15.7. The van der Waals surface area contributed by atoms with Crippen LogP contribution in [0.4, 0.5) is 0 Å². The van der Waals surface area contributed by atoms with Gasteiger partial charge in [0.15, 0.2) is 0 Å². The first kappa shape index (κ1) is 86.3. The summed E-state index contributed by atoms with van der Waals surface area (Å²) in [7, 11) is 1.86. The van der Waals surface area contributed by atoms with E-state index in [-0.39, 0.29) is 94.2 Å². The quantitative estimate of drug-likeness (QED) is 0.0318. The Hall–Kier alpha value is -8.91. The van der Waals surface area contributed by atoms with Gasteiger partial charge in [-0.1, -0.05) is 134 Å². The number of fused-ring (bicyclic) bond motifs is 12. The lowest BCUT2D eigenvalue weighted by molar-refractivity contribution is -0.142. The maximum atomic E-state index is 15.5. The Labute approximate surface area is 647 Å². The first-order valence-corrected chi connectivity index (χ1v) is 39.7. The zero-order chi connectivity index (χ0) is 78.4. The highest BCUT2D eigenvalue weighted by Gasteiger charge is 2.38. The molecule has 0 aliphatic carbocycles. The van der Waals surface area contributed by atoms with E-state index in [2.05, 4.69) is 68.8 Å². The first-order chi connectivity index (χ1) is 51.7. The molecule has 3 heterocycles. The second kappa shape index (κ2) is 43.9. The number of rotatable bonds is 18. The van der Waals surface area contributed by atoms with Crippen LogP contribution in [0.1, 0.15) is 113 Å². The third-order valence-electron chi connectivity index (χ3n) is 18.2. The minimum absolute atomic E-state index is 0.0111. The molecule has 31 nitrogen and oxygen atoms in total. The molecule has 2 fully saturated rings. The van der Waals surface area contributed by atoms with Gasteiger partial charge in [0.2, 0.25) is 65.0 Å². The molecule has 0 unspecified atom stereocenters. The number of aromatic amines is 1. The molecular formula is C74H100IN15O16S2. The predicted molar refractivity (Wildman–Crippen MR) is 416 cm³/mol. The molecule has 586 valence electrons. The third kappa shape index (κ3) is 27.6. The third-order valence-corrected chi connectivity index (χ3v) is 21.5. The molecular weight excluding hydrogens is 1550 g/mol. The number of aliphatic hydroxyl groups excluding tert-OH is 2. The van der Waals surface area contributed by atoms with Crippen LogP contribution in [0.3, 0.4) is 0 Å². The van der Waals surface area contributed by atoms with Crippen LogP contribution in [0.15, 0.2) is 103 Å². The molecule has 0 spiro atoms. The number of phenolic OH excluding ortho intramolecular Hbond substituents is 1. The Morgan fingerprint density at radius 3 is 1.73 bits per heavy atom. The van der Waals surface area contributed by atoms with Crippen LogP contribution in [0.2, 0.25) is 0 Å². The number of carboxylic acid groups (broad SMARTS) is 1. The number of aromatic hydroxyl groups is 1. The SMILES string of the molecule is CC(C)NCc1ccc(C[C@@H]2NC(=O)[C@@H](Cc3c[nH]c4ccccc34)NC(=O)[C@@H]3CCC(=O)NCCCCCC[C@@H](NC(=O)[C@H](Cc4ccc(O)c(I)c4)NC(=O)[C@@H]([C@@H](C)O)NC2=O)C(=O)N[C@@H](CO)C(=O)N[C@H](C(=O)O)CSSC[C@H](N)C(=O)N[C@@H](CCCCN)C(=O)N[C@@H](Cc2ccccc2)C(=O)N3)cc1. The number of carbonyl (C=O) groups is 12. The van der Waals surface area contributed by atoms with E-state index in [1.807, 2.05) is 48.6 Å². The molecule has 2 saturated heterocycles. The number of aromatic nitrogens is 1. The van der Waals surface area contributed by atoms with Crippen molar-refractivity contribution in [1.82, 2.24) is 68.8 Å². The predicted octanol–water partition coefficient (Wildman–Crippen LogP) is 0.264. The molecule has 7 rings (SSSR count). The number of nitrogens with one attached hydrogen (secondary N) is 13. The number of benzene rings is 4. The maximum Gasteiger partial charge on any atom is 0.327 e. The zero-order valence-corrected chi connectivity index (χ0v) is 64.3. The van der Waals surface area contributed by atoms with Gasteiger partial charge in [-0.25, -0.2) is 4.79 Å². The van der Waals surface area contributed by atoms with Crippen LogP contribution in [0.25, 0.3) is 10.9 Å². The van der Waals surface area contributed by atoms with Crippen LogP contribution < -0.4 is 75.3 Å². The van der Waals surface area contributed by atoms with Crippen LogP contribution in [-0.2, 0) is 89.8 Å². The molecule has 108 heavy (non-hydrogen) atoms. The normalized spacial score (nSPS) is 24.4. The topological polar surface area (TPSA) is 498 Å². The minimum Gasteiger partial charge on any atom is -0.507 e. The standard InChI is InChI=1S/C74H100IN15O16S2/c1-41(2)79-36-45-23-21-44(22-24-45)33-56-71(102)90-63(42(3)92)73(104)87-57(34-46-25-27-61(93)49(75)31-46)69(100)82-53-19-9-4-5-14-30-78-62(94)28-26-54(67(98)86-58(70(101)85-56)35-47-37-80-51-18-11-10-17-48(47)51)83-68(99)55(32-43-15-7-6-8-16-43)84-65(96)52(20-12-13-29-76)81-64(95)50(77)39-107-108-40-60(74(105)106)89-72(103)59(38-91)88-66(53)97/h6-8,10-11,15-18,21-25,27,31,37,41-42,50,52-60,63,79-80,91-93H,4-5,9,12-14,19-20,26,28-30,32-36,38-40,76-77H2,1-3H3,(H,78,94)(H,81,95)(H,82,100)(H,83,99)(H,84,96)(H,85,101)(H,86,98)(H,87,104)(H,88,97)(H,89,103)(H,90,102)(H,105,106)/t42-,50+,52+,53-,54+,55+,56+,57+,58-,59+,60+,63-/m1/s1. The molecule has 12 atom stereocenters. The summed E-state index contributed by atoms with van der Waals surface area (Å²) in [5.74, 6) is -12.5. The average molecular weight is 1650 g/mol. The van der Waals surface area contributed by atoms with E-state index in [4.69, 9.17) is 11.5 Å². The first-order valence-electron chi connectivity index (χ1n) is 36.1. The number of aliphatic carboxylic acids is 1. The molecule has 2 aliphatic heterocycles. The molecule has 4 aromatic carbocycles. The van der Waals surface area contributed by atoms with E-state index >= 15 is 19.2 Å². The van der Waals surface area contributed by atoms with Crippen molar-refractivity contribution in [1.29, 1.82) is 0 Å². The number of carboxylic acids is 1. The van der Waals surface area contributed by atoms with Crippen molar-refractivity contribution in [2.24, 2.45) is 11.5 Å². The van der Waals surface area contributed by atoms with Crippen LogP contribution >= 0.6 is 44.2 Å². The summed E-state index contributed by atoms with van der Waals surface area (Å²) in [5, 5.41) is 76.2. The van der Waals surface area contributed by atoms with Gasteiger partial charge in [0.25, 0.3) is 0 Å². The van der Waals surface area contributed by atoms with Gasteiger partial charge in [-0.2, -0.15) is 0 Å². The van der Waals surface area contributed by atoms with Crippen molar-refractivity contribution >= 4 is 126 Å². The maximum absolute atomic E-state index is 15.5. The molecule has 0 saturated carbocycles. The van der Waals surface area contributed by atoms with Gasteiger partial charge in [-0.15, -0.1) is 0 Å². The molecule has 5 aromatic rings. The number of unbranched alkanes of at least 4 members (excludes halogenated alkanes) is 1. The molecule has 2 aliphatic rings. The van der Waals surface area contributed by atoms with Crippen LogP contribution in [-0.4, -0.2) is 206 Å². The number of hydrogen-bond acceptors (Lipinski definition) is 20. The number of phenols is 1. The lowest BCUT2D eigenvalue weighted by Crippen LogP contribution is -2.62. The highest BCUT2D eigenvalue weighted by atomic mass is 127. The number of halogens is 1. The van der Waals surface area contributed by atoms with Gasteiger partial charge in [-0.3, -0.25) is 52.7 Å². The van der Waals surface area contributed by atoms with Crippen molar-refractivity contribution < 1.29 is 78.0 Å². The van der Waals surface area contributed by atoms with Crippen molar-refractivity contribution in [2.45, 2.75) is 196 Å². The smallest absolute Gasteiger partial charge is 0.327 e. The summed E-state index contributed by atoms with van der Waals surface area (Å²) in [6, 6.07) is 9.74. The van der Waals surface area contributed by atoms with Crippen LogP contribution in [0.5, 0.6) is 5.75 Å². The second-order valence-corrected chi connectivity index (χ2v) is 30.9. The Morgan fingerprint density at radius 2 is 1.09 bits per heavy atom. The van der Waals surface area contributed by atoms with Crippen LogP contribution in [0, 0.1) is 3.57 Å². The van der Waals surface area contributed by atoms with E-state index in [0.717, 1.165) is 27.2 Å². The molecule has 0 radical (unpaired) electrons. The van der Waals surface area contributed by atoms with Gasteiger partial charge in [0.1, 0.15) is 66.2 Å². The van der Waals surface area contributed by atoms with E-state index in [1.165, 1.54) is 25.1 Å². The highest BCUT2D eigenvalue weighted by Crippen LogP contribution is 2.25. The minimum atomic E-state index is -1.89. The van der Waals surface area contributed by atoms with Crippen molar-refractivity contribution in [3.63, 3.8) is 0 Å². The van der Waals surface area contributed by atoms with Crippen molar-refractivity contribution in [3.8, 4) is 5.75 Å². The summed E-state index contributed by atoms with van der Waals surface area (Å²) in [6.07, 6.45) is 0.0483. The number of H-pyrrole nitrogens is 1. The van der Waals surface area contributed by atoms with E-state index in [9.17, 15) is 58.8 Å². The molecule has 21 N–H and O–H groups in total. The summed E-state index contributed by atoms with van der Waals surface area (Å²) in [6.45, 7) is 4.90. The van der Waals surface area contributed by atoms with Gasteiger partial charge >= 0.3 is 5.97 Å². The lowest BCUT2D eigenvalue weighted by Gasteiger charge is -2.29. The van der Waals surface area contributed by atoms with Crippen molar-refractivity contribution in [3.05, 3.63) is 135 Å². The fraction of sp³-hybridized carbons (Fsp3) is 0.486. The fourth-order valence-corrected chi connectivity index (χ4v) is 14.8. The number of aliphatic hydroxyl groups is 2. The molecule has 2 bridgehead atoms. The second-order valence-electron chi connectivity index (χ2n) is 27.1. The summed E-state index contributed by atoms with van der Waals surface area (Å²) in [4.78, 5) is 178. The molecule has 34 heteroatoms. The number of nitrogens with two attached hydrogens (primary N) is 2. The monoisotopic (exact) mass is 1650 g/mol. The average Bonchev–Trinajstić information content (AvgIpc) is 1.64. The van der Waals surface area contributed by atoms with Gasteiger partial charge in [0, 0.05) is 79.8 Å². The Kier molecular flexibility index (Phi) is 35.1. The van der Waals surface area contributed by atoms with E-state index in [1.54, 1.807) is 72.9 Å². The van der Waals surface area contributed by atoms with Gasteiger partial charge in [0.05, 0.1) is 22.3 Å². The fourth-order valence-electron chi connectivity index (χ4n) is 12.0. The lowest BCUT2D eigenvalue weighted by atomic mass is 9.99. The zero-order valence-electron chi connectivity index (χ0n) is 60.5. The molecule has 11 amide bonds. The molecule has 1 aromatic heterocycles. The highest BCUT2D eigenvalue weighted by molar-refractivity contribution is 14.1. The number of amides is 11. The Morgan fingerprint density at radius 1 is 0.565 bits per heavy atom. The number of para-hydroxylation sites is 1. The number of hydrogen-bond donors (Lipinski definition) is 19. The van der Waals surface area contributed by atoms with Gasteiger partial charge in [-0.05, 0) is 121 Å². The van der Waals surface area contributed by atoms with E-state index < -0.39 is 150 Å². The van der Waals surface area contributed by atoms with E-state index in [0.29, 0.717) is 75.4 Å². The van der Waals surface area contributed by atoms with Gasteiger partial charge < -0.3 is 101 Å². The Bertz CT molecular complexity index is 3900. The Balaban J connectivity index is 1.37.